The van der Waals surface area contributed by atoms with Gasteiger partial charge >= 0.3 is 6.09 Å². The number of amides is 1. The molecule has 132 valence electrons. The summed E-state index contributed by atoms with van der Waals surface area (Å²) >= 11 is 0. The summed E-state index contributed by atoms with van der Waals surface area (Å²) in [5.74, 6) is -0.448. The Morgan fingerprint density at radius 3 is 2.67 bits per heavy atom. The lowest BCUT2D eigenvalue weighted by Gasteiger charge is -2.23. The van der Waals surface area contributed by atoms with Gasteiger partial charge in [-0.25, -0.2) is 4.79 Å². The maximum atomic E-state index is 12.1. The number of rotatable bonds is 5. The van der Waals surface area contributed by atoms with Crippen molar-refractivity contribution in [1.29, 1.82) is 0 Å². The van der Waals surface area contributed by atoms with Crippen molar-refractivity contribution in [2.45, 2.75) is 50.9 Å². The zero-order valence-corrected chi connectivity index (χ0v) is 14.4. The van der Waals surface area contributed by atoms with Crippen LogP contribution in [-0.2, 0) is 25.6 Å². The zero-order chi connectivity index (χ0) is 17.2. The minimum absolute atomic E-state index is 0.0700. The Bertz CT molecular complexity index is 562. The summed E-state index contributed by atoms with van der Waals surface area (Å²) < 4.78 is 22.6. The molecule has 3 rings (SSSR count). The number of hydrogen-bond donors (Lipinski definition) is 1. The lowest BCUT2D eigenvalue weighted by molar-refractivity contribution is -0.160. The molecular formula is C18H25NO5. The van der Waals surface area contributed by atoms with Crippen molar-refractivity contribution < 1.29 is 23.7 Å². The van der Waals surface area contributed by atoms with E-state index in [1.807, 2.05) is 44.2 Å². The number of methoxy groups -OCH3 is 1. The van der Waals surface area contributed by atoms with Crippen LogP contribution in [0.2, 0.25) is 0 Å². The standard InChI is InChI=1S/C18H25NO5/c1-18(2)23-15-13(11-21-3)9-14(16(15)24-18)19-17(20)22-10-12-7-5-4-6-8-12/h4-8,13-16H,9-11H2,1-3H3,(H,19,20). The van der Waals surface area contributed by atoms with Crippen LogP contribution in [-0.4, -0.2) is 43.8 Å². The number of nitrogens with one attached hydrogen (secondary N) is 1. The van der Waals surface area contributed by atoms with Gasteiger partial charge in [0.25, 0.3) is 0 Å². The van der Waals surface area contributed by atoms with Gasteiger partial charge in [-0.3, -0.25) is 0 Å². The highest BCUT2D eigenvalue weighted by Gasteiger charge is 2.54. The molecule has 0 spiro atoms. The first-order valence-electron chi connectivity index (χ1n) is 8.30. The summed E-state index contributed by atoms with van der Waals surface area (Å²) in [4.78, 5) is 12.1. The van der Waals surface area contributed by atoms with E-state index in [4.69, 9.17) is 18.9 Å². The molecular weight excluding hydrogens is 310 g/mol. The number of alkyl carbamates (subject to hydrolysis) is 1. The fourth-order valence-electron chi connectivity index (χ4n) is 3.52. The summed E-state index contributed by atoms with van der Waals surface area (Å²) in [5.41, 5.74) is 0.954. The third kappa shape index (κ3) is 3.88. The average molecular weight is 335 g/mol. The van der Waals surface area contributed by atoms with Gasteiger partial charge in [0.15, 0.2) is 5.79 Å². The Morgan fingerprint density at radius 1 is 1.25 bits per heavy atom. The van der Waals surface area contributed by atoms with Crippen LogP contribution < -0.4 is 5.32 Å². The van der Waals surface area contributed by atoms with Crippen molar-refractivity contribution in [2.24, 2.45) is 5.92 Å². The Morgan fingerprint density at radius 2 is 1.96 bits per heavy atom. The molecule has 24 heavy (non-hydrogen) atoms. The first kappa shape index (κ1) is 17.2. The molecule has 1 aromatic rings. The Hall–Kier alpha value is -1.63. The van der Waals surface area contributed by atoms with E-state index in [1.54, 1.807) is 7.11 Å². The normalized spacial score (nSPS) is 30.8. The molecule has 6 heteroatoms. The Kier molecular flexibility index (Phi) is 5.08. The molecule has 1 aliphatic carbocycles. The first-order chi connectivity index (χ1) is 11.5. The molecule has 4 unspecified atom stereocenters. The second-order valence-corrected chi connectivity index (χ2v) is 6.83. The Balaban J connectivity index is 1.56. The molecule has 1 aliphatic heterocycles. The molecule has 1 saturated heterocycles. The highest BCUT2D eigenvalue weighted by atomic mass is 16.8. The molecule has 1 aromatic carbocycles. The highest BCUT2D eigenvalue weighted by molar-refractivity contribution is 5.67. The van der Waals surface area contributed by atoms with Crippen molar-refractivity contribution in [3.05, 3.63) is 35.9 Å². The van der Waals surface area contributed by atoms with Gasteiger partial charge in [-0.2, -0.15) is 0 Å². The molecule has 2 fully saturated rings. The van der Waals surface area contributed by atoms with Crippen LogP contribution in [0.3, 0.4) is 0 Å². The monoisotopic (exact) mass is 335 g/mol. The summed E-state index contributed by atoms with van der Waals surface area (Å²) in [7, 11) is 1.67. The van der Waals surface area contributed by atoms with Crippen molar-refractivity contribution in [2.75, 3.05) is 13.7 Å². The van der Waals surface area contributed by atoms with E-state index in [1.165, 1.54) is 0 Å². The van der Waals surface area contributed by atoms with Crippen LogP contribution in [0.25, 0.3) is 0 Å². The van der Waals surface area contributed by atoms with Gasteiger partial charge in [0.05, 0.1) is 18.8 Å². The van der Waals surface area contributed by atoms with Crippen LogP contribution >= 0.6 is 0 Å². The quantitative estimate of drug-likeness (QED) is 0.895. The lowest BCUT2D eigenvalue weighted by Crippen LogP contribution is -2.43. The van der Waals surface area contributed by atoms with E-state index in [2.05, 4.69) is 5.32 Å². The molecule has 6 nitrogen and oxygen atoms in total. The van der Waals surface area contributed by atoms with Crippen LogP contribution in [0, 0.1) is 5.92 Å². The zero-order valence-electron chi connectivity index (χ0n) is 14.4. The van der Waals surface area contributed by atoms with Crippen molar-refractivity contribution >= 4 is 6.09 Å². The topological polar surface area (TPSA) is 66.0 Å². The second kappa shape index (κ2) is 7.09. The SMILES string of the molecule is COCC1CC(NC(=O)OCc2ccccc2)C2OC(C)(C)OC12. The summed E-state index contributed by atoms with van der Waals surface area (Å²) in [5, 5.41) is 2.92. The number of carbonyl (C=O) groups is 1. The maximum absolute atomic E-state index is 12.1. The van der Waals surface area contributed by atoms with Gasteiger partial charge in [0, 0.05) is 13.0 Å². The largest absolute Gasteiger partial charge is 0.445 e. The van der Waals surface area contributed by atoms with E-state index < -0.39 is 11.9 Å². The molecule has 0 radical (unpaired) electrons. The molecule has 0 aromatic heterocycles. The van der Waals surface area contributed by atoms with Gasteiger partial charge in [0.1, 0.15) is 12.7 Å². The minimum Gasteiger partial charge on any atom is -0.445 e. The highest BCUT2D eigenvalue weighted by Crippen LogP contribution is 2.41. The fraction of sp³-hybridized carbons (Fsp3) is 0.611. The van der Waals surface area contributed by atoms with E-state index in [9.17, 15) is 4.79 Å². The number of fused-ring (bicyclic) bond motifs is 1. The van der Waals surface area contributed by atoms with Crippen LogP contribution in [0.5, 0.6) is 0 Å². The fourth-order valence-corrected chi connectivity index (χ4v) is 3.52. The van der Waals surface area contributed by atoms with Gasteiger partial charge < -0.3 is 24.3 Å². The third-order valence-corrected chi connectivity index (χ3v) is 4.48. The molecule has 1 amide bonds. The second-order valence-electron chi connectivity index (χ2n) is 6.83. The average Bonchev–Trinajstić information content (AvgIpc) is 3.02. The maximum Gasteiger partial charge on any atom is 0.407 e. The number of benzene rings is 1. The van der Waals surface area contributed by atoms with Crippen molar-refractivity contribution in [3.8, 4) is 0 Å². The summed E-state index contributed by atoms with van der Waals surface area (Å²) in [6.45, 7) is 4.61. The van der Waals surface area contributed by atoms with Gasteiger partial charge in [-0.1, -0.05) is 30.3 Å². The lowest BCUT2D eigenvalue weighted by atomic mass is 10.1. The summed E-state index contributed by atoms with van der Waals surface area (Å²) in [6, 6.07) is 9.46. The predicted octanol–water partition coefficient (Wildman–Crippen LogP) is 2.47. The van der Waals surface area contributed by atoms with Gasteiger partial charge in [0.2, 0.25) is 0 Å². The molecule has 2 aliphatic rings. The third-order valence-electron chi connectivity index (χ3n) is 4.48. The molecule has 0 bridgehead atoms. The number of hydrogen-bond acceptors (Lipinski definition) is 5. The first-order valence-corrected chi connectivity index (χ1v) is 8.30. The van der Waals surface area contributed by atoms with E-state index in [-0.39, 0.29) is 30.8 Å². The van der Waals surface area contributed by atoms with Gasteiger partial charge in [-0.15, -0.1) is 0 Å². The van der Waals surface area contributed by atoms with Crippen LogP contribution in [0.4, 0.5) is 4.79 Å². The van der Waals surface area contributed by atoms with E-state index in [0.29, 0.717) is 6.61 Å². The molecule has 4 atom stereocenters. The van der Waals surface area contributed by atoms with Crippen LogP contribution in [0.15, 0.2) is 30.3 Å². The van der Waals surface area contributed by atoms with Crippen molar-refractivity contribution in [1.82, 2.24) is 5.32 Å². The van der Waals surface area contributed by atoms with Crippen LogP contribution in [0.1, 0.15) is 25.8 Å². The Labute approximate surface area is 142 Å². The smallest absolute Gasteiger partial charge is 0.407 e. The van der Waals surface area contributed by atoms with E-state index in [0.717, 1.165) is 12.0 Å². The predicted molar refractivity (Wildman–Crippen MR) is 87.4 cm³/mol. The number of carbonyl (C=O) groups excluding carboxylic acids is 1. The van der Waals surface area contributed by atoms with E-state index >= 15 is 0 Å². The molecule has 1 heterocycles. The number of ether oxygens (including phenoxy) is 4. The molecule has 1 saturated carbocycles. The molecule has 1 N–H and O–H groups in total. The summed E-state index contributed by atoms with van der Waals surface area (Å²) in [6.07, 6.45) is 0.0671. The van der Waals surface area contributed by atoms with Crippen molar-refractivity contribution in [3.63, 3.8) is 0 Å². The minimum atomic E-state index is -0.643. The van der Waals surface area contributed by atoms with Gasteiger partial charge in [-0.05, 0) is 25.8 Å².